The van der Waals surface area contributed by atoms with Crippen LogP contribution < -0.4 is 5.73 Å². The van der Waals surface area contributed by atoms with E-state index < -0.39 is 23.6 Å². The van der Waals surface area contributed by atoms with Crippen molar-refractivity contribution in [3.8, 4) is 0 Å². The fourth-order valence-electron chi connectivity index (χ4n) is 0.969. The average molecular weight is 201 g/mol. The van der Waals surface area contributed by atoms with E-state index in [2.05, 4.69) is 4.74 Å². The van der Waals surface area contributed by atoms with Gasteiger partial charge in [0.15, 0.2) is 11.6 Å². The summed E-state index contributed by atoms with van der Waals surface area (Å²) < 4.78 is 29.6. The van der Waals surface area contributed by atoms with E-state index in [-0.39, 0.29) is 5.56 Å². The zero-order chi connectivity index (χ0) is 10.7. The van der Waals surface area contributed by atoms with Gasteiger partial charge in [0, 0.05) is 0 Å². The van der Waals surface area contributed by atoms with Gasteiger partial charge in [0.05, 0.1) is 7.11 Å². The highest BCUT2D eigenvalue weighted by molar-refractivity contribution is 5.77. The summed E-state index contributed by atoms with van der Waals surface area (Å²) in [5.41, 5.74) is 5.58. The van der Waals surface area contributed by atoms with Crippen molar-refractivity contribution in [2.75, 3.05) is 7.11 Å². The number of hydrogen-bond donors (Lipinski definition) is 1. The van der Waals surface area contributed by atoms with Crippen molar-refractivity contribution in [2.45, 2.75) is 6.04 Å². The van der Waals surface area contributed by atoms with Crippen LogP contribution in [0.1, 0.15) is 11.6 Å². The first-order valence-electron chi connectivity index (χ1n) is 3.84. The number of halogens is 2. The Morgan fingerprint density at radius 3 is 2.57 bits per heavy atom. The molecule has 0 spiro atoms. The SMILES string of the molecule is COC(=O)[C@H](N)c1ccc(F)c(F)c1. The van der Waals surface area contributed by atoms with Gasteiger partial charge in [0.25, 0.3) is 0 Å². The maximum atomic E-state index is 12.7. The molecule has 76 valence electrons. The van der Waals surface area contributed by atoms with E-state index in [0.717, 1.165) is 12.1 Å². The number of rotatable bonds is 2. The number of nitrogens with two attached hydrogens (primary N) is 1. The van der Waals surface area contributed by atoms with Gasteiger partial charge in [0.2, 0.25) is 0 Å². The van der Waals surface area contributed by atoms with Crippen molar-refractivity contribution in [3.05, 3.63) is 35.4 Å². The topological polar surface area (TPSA) is 52.3 Å². The fourth-order valence-corrected chi connectivity index (χ4v) is 0.969. The second-order valence-electron chi connectivity index (χ2n) is 2.67. The number of benzene rings is 1. The molecule has 5 heteroatoms. The highest BCUT2D eigenvalue weighted by atomic mass is 19.2. The standard InChI is InChI=1S/C9H9F2NO2/c1-14-9(13)8(12)5-2-3-6(10)7(11)4-5/h2-4,8H,12H2,1H3/t8-/m1/s1. The first-order chi connectivity index (χ1) is 6.56. The molecule has 14 heavy (non-hydrogen) atoms. The minimum Gasteiger partial charge on any atom is -0.468 e. The molecule has 2 N–H and O–H groups in total. The van der Waals surface area contributed by atoms with Crippen molar-refractivity contribution in [3.63, 3.8) is 0 Å². The third kappa shape index (κ3) is 2.05. The zero-order valence-corrected chi connectivity index (χ0v) is 7.46. The lowest BCUT2D eigenvalue weighted by atomic mass is 10.1. The Labute approximate surface area is 79.5 Å². The maximum Gasteiger partial charge on any atom is 0.327 e. The molecule has 0 aliphatic heterocycles. The number of carbonyl (C=O) groups excluding carboxylic acids is 1. The van der Waals surface area contributed by atoms with Gasteiger partial charge in [-0.2, -0.15) is 0 Å². The predicted octanol–water partition coefficient (Wildman–Crippen LogP) is 1.14. The van der Waals surface area contributed by atoms with E-state index >= 15 is 0 Å². The van der Waals surface area contributed by atoms with Crippen LogP contribution in [0.25, 0.3) is 0 Å². The second kappa shape index (κ2) is 4.15. The van der Waals surface area contributed by atoms with Gasteiger partial charge < -0.3 is 10.5 Å². The van der Waals surface area contributed by atoms with Gasteiger partial charge in [0.1, 0.15) is 6.04 Å². The monoisotopic (exact) mass is 201 g/mol. The van der Waals surface area contributed by atoms with E-state index in [0.29, 0.717) is 0 Å². The Morgan fingerprint density at radius 2 is 2.07 bits per heavy atom. The van der Waals surface area contributed by atoms with Crippen LogP contribution in [0.2, 0.25) is 0 Å². The zero-order valence-electron chi connectivity index (χ0n) is 7.46. The lowest BCUT2D eigenvalue weighted by Crippen LogP contribution is -2.22. The Morgan fingerprint density at radius 1 is 1.43 bits per heavy atom. The van der Waals surface area contributed by atoms with E-state index in [9.17, 15) is 13.6 Å². The molecule has 0 saturated heterocycles. The van der Waals surface area contributed by atoms with Crippen LogP contribution in [-0.2, 0) is 9.53 Å². The van der Waals surface area contributed by atoms with E-state index in [1.165, 1.54) is 13.2 Å². The summed E-state index contributed by atoms with van der Waals surface area (Å²) in [6, 6.07) is 1.93. The summed E-state index contributed by atoms with van der Waals surface area (Å²) >= 11 is 0. The molecule has 1 rings (SSSR count). The largest absolute Gasteiger partial charge is 0.468 e. The molecule has 1 aromatic rings. The molecule has 0 aliphatic carbocycles. The first kappa shape index (κ1) is 10.6. The van der Waals surface area contributed by atoms with Crippen molar-refractivity contribution < 1.29 is 18.3 Å². The third-order valence-electron chi connectivity index (χ3n) is 1.76. The normalized spacial score (nSPS) is 12.3. The molecule has 0 bridgehead atoms. The fraction of sp³-hybridized carbons (Fsp3) is 0.222. The van der Waals surface area contributed by atoms with Crippen LogP contribution in [0.4, 0.5) is 8.78 Å². The van der Waals surface area contributed by atoms with Gasteiger partial charge in [-0.05, 0) is 17.7 Å². The molecule has 3 nitrogen and oxygen atoms in total. The van der Waals surface area contributed by atoms with Gasteiger partial charge >= 0.3 is 5.97 Å². The molecule has 0 heterocycles. The number of ether oxygens (including phenoxy) is 1. The van der Waals surface area contributed by atoms with E-state index in [1.807, 2.05) is 0 Å². The Kier molecular flexibility index (Phi) is 3.14. The van der Waals surface area contributed by atoms with Crippen LogP contribution in [-0.4, -0.2) is 13.1 Å². The molecular weight excluding hydrogens is 192 g/mol. The van der Waals surface area contributed by atoms with E-state index in [4.69, 9.17) is 5.73 Å². The summed E-state index contributed by atoms with van der Waals surface area (Å²) in [5.74, 6) is -2.72. The minimum atomic E-state index is -1.09. The molecule has 0 amide bonds. The molecule has 0 fully saturated rings. The lowest BCUT2D eigenvalue weighted by molar-refractivity contribution is -0.142. The van der Waals surface area contributed by atoms with Crippen molar-refractivity contribution >= 4 is 5.97 Å². The van der Waals surface area contributed by atoms with Crippen LogP contribution in [0.5, 0.6) is 0 Å². The average Bonchev–Trinajstić information content (AvgIpc) is 2.20. The maximum absolute atomic E-state index is 12.7. The smallest absolute Gasteiger partial charge is 0.327 e. The van der Waals surface area contributed by atoms with Gasteiger partial charge in [-0.25, -0.2) is 8.78 Å². The molecule has 0 unspecified atom stereocenters. The molecule has 0 saturated carbocycles. The number of hydrogen-bond acceptors (Lipinski definition) is 3. The van der Waals surface area contributed by atoms with Crippen molar-refractivity contribution in [1.29, 1.82) is 0 Å². The Bertz CT molecular complexity index is 355. The van der Waals surface area contributed by atoms with Crippen molar-refractivity contribution in [2.24, 2.45) is 5.73 Å². The van der Waals surface area contributed by atoms with E-state index in [1.54, 1.807) is 0 Å². The van der Waals surface area contributed by atoms with Crippen LogP contribution in [0, 0.1) is 11.6 Å². The summed E-state index contributed by atoms with van der Waals surface area (Å²) in [6.45, 7) is 0. The molecule has 0 radical (unpaired) electrons. The number of esters is 1. The van der Waals surface area contributed by atoms with Gasteiger partial charge in [-0.3, -0.25) is 4.79 Å². The predicted molar refractivity (Wildman–Crippen MR) is 45.3 cm³/mol. The summed E-state index contributed by atoms with van der Waals surface area (Å²) in [7, 11) is 1.17. The molecular formula is C9H9F2NO2. The quantitative estimate of drug-likeness (QED) is 0.730. The highest BCUT2D eigenvalue weighted by Gasteiger charge is 2.17. The molecule has 1 atom stereocenters. The molecule has 0 aromatic heterocycles. The first-order valence-corrected chi connectivity index (χ1v) is 3.84. The number of carbonyl (C=O) groups is 1. The second-order valence-corrected chi connectivity index (χ2v) is 2.67. The molecule has 1 aromatic carbocycles. The van der Waals surface area contributed by atoms with Gasteiger partial charge in [-0.1, -0.05) is 6.07 Å². The molecule has 0 aliphatic rings. The van der Waals surface area contributed by atoms with Crippen molar-refractivity contribution in [1.82, 2.24) is 0 Å². The van der Waals surface area contributed by atoms with Gasteiger partial charge in [-0.15, -0.1) is 0 Å². The number of methoxy groups -OCH3 is 1. The Balaban J connectivity index is 2.96. The summed E-state index contributed by atoms with van der Waals surface area (Å²) in [5, 5.41) is 0. The minimum absolute atomic E-state index is 0.177. The summed E-state index contributed by atoms with van der Waals surface area (Å²) in [6.07, 6.45) is 0. The highest BCUT2D eigenvalue weighted by Crippen LogP contribution is 2.15. The van der Waals surface area contributed by atoms with Crippen LogP contribution >= 0.6 is 0 Å². The third-order valence-corrected chi connectivity index (χ3v) is 1.76. The lowest BCUT2D eigenvalue weighted by Gasteiger charge is -2.09. The van der Waals surface area contributed by atoms with Crippen LogP contribution in [0.15, 0.2) is 18.2 Å². The Hall–Kier alpha value is -1.49. The van der Waals surface area contributed by atoms with Crippen LogP contribution in [0.3, 0.4) is 0 Å². The summed E-state index contributed by atoms with van der Waals surface area (Å²) in [4.78, 5) is 10.9.